The molecule has 1 saturated carbocycles. The molecular formula is C19H25N3O3. The fourth-order valence-corrected chi connectivity index (χ4v) is 3.39. The number of rotatable bonds is 5. The van der Waals surface area contributed by atoms with Crippen LogP contribution in [0.2, 0.25) is 0 Å². The lowest BCUT2D eigenvalue weighted by Crippen LogP contribution is -2.50. The second kappa shape index (κ2) is 6.93. The fourth-order valence-electron chi connectivity index (χ4n) is 3.39. The summed E-state index contributed by atoms with van der Waals surface area (Å²) in [4.78, 5) is 12.3. The predicted octanol–water partition coefficient (Wildman–Crippen LogP) is 2.24. The van der Waals surface area contributed by atoms with Crippen LogP contribution in [-0.4, -0.2) is 31.2 Å². The Bertz CT molecular complexity index is 688. The summed E-state index contributed by atoms with van der Waals surface area (Å²) in [5.41, 5.74) is -0.0804. The molecule has 0 radical (unpaired) electrons. The number of hydrogen-bond donors (Lipinski definition) is 2. The average molecular weight is 343 g/mol. The van der Waals surface area contributed by atoms with E-state index in [2.05, 4.69) is 16.7 Å². The summed E-state index contributed by atoms with van der Waals surface area (Å²) in [6.07, 6.45) is 3.45. The molecule has 25 heavy (non-hydrogen) atoms. The monoisotopic (exact) mass is 343 g/mol. The van der Waals surface area contributed by atoms with Crippen LogP contribution >= 0.6 is 0 Å². The van der Waals surface area contributed by atoms with E-state index in [0.717, 1.165) is 42.7 Å². The molecule has 1 heterocycles. The number of carbonyl (C=O) groups is 1. The molecule has 1 aliphatic carbocycles. The van der Waals surface area contributed by atoms with Crippen molar-refractivity contribution in [3.8, 4) is 17.6 Å². The molecule has 3 rings (SSSR count). The Balaban J connectivity index is 1.61. The Kier molecular flexibility index (Phi) is 4.87. The molecule has 2 aliphatic rings. The zero-order chi connectivity index (χ0) is 17.9. The first kappa shape index (κ1) is 17.6. The molecule has 1 aromatic carbocycles. The minimum absolute atomic E-state index is 0.144. The maximum atomic E-state index is 12.3. The number of carbonyl (C=O) groups excluding carboxylic acids is 1. The van der Waals surface area contributed by atoms with Gasteiger partial charge in [0.2, 0.25) is 5.91 Å². The Hall–Kier alpha value is -2.26. The van der Waals surface area contributed by atoms with Gasteiger partial charge in [-0.3, -0.25) is 10.1 Å². The average Bonchev–Trinajstić information content (AvgIpc) is 3.08. The van der Waals surface area contributed by atoms with Crippen LogP contribution in [-0.2, 0) is 10.3 Å². The van der Waals surface area contributed by atoms with Gasteiger partial charge in [-0.15, -0.1) is 0 Å². The number of nitrogens with zero attached hydrogens (tertiary/aromatic N) is 1. The molecule has 2 N–H and O–H groups in total. The molecular weight excluding hydrogens is 318 g/mol. The molecule has 1 fully saturated rings. The highest BCUT2D eigenvalue weighted by molar-refractivity contribution is 5.79. The molecule has 1 amide bonds. The van der Waals surface area contributed by atoms with Gasteiger partial charge in [0.05, 0.1) is 12.6 Å². The van der Waals surface area contributed by atoms with E-state index < -0.39 is 11.1 Å². The Morgan fingerprint density at radius 2 is 1.92 bits per heavy atom. The molecule has 6 nitrogen and oxygen atoms in total. The smallest absolute Gasteiger partial charge is 0.235 e. The van der Waals surface area contributed by atoms with Gasteiger partial charge in [0, 0.05) is 5.54 Å². The Morgan fingerprint density at radius 3 is 2.60 bits per heavy atom. The third kappa shape index (κ3) is 3.88. The van der Waals surface area contributed by atoms with Crippen LogP contribution in [0, 0.1) is 11.3 Å². The van der Waals surface area contributed by atoms with E-state index in [4.69, 9.17) is 9.47 Å². The van der Waals surface area contributed by atoms with E-state index in [1.165, 1.54) is 0 Å². The van der Waals surface area contributed by atoms with Crippen LogP contribution in [0.4, 0.5) is 0 Å². The van der Waals surface area contributed by atoms with Crippen molar-refractivity contribution in [2.45, 2.75) is 50.6 Å². The van der Waals surface area contributed by atoms with Gasteiger partial charge in [-0.25, -0.2) is 0 Å². The highest BCUT2D eigenvalue weighted by Gasteiger charge is 2.35. The van der Waals surface area contributed by atoms with Crippen LogP contribution in [0.1, 0.15) is 45.1 Å². The van der Waals surface area contributed by atoms with Crippen molar-refractivity contribution in [3.63, 3.8) is 0 Å². The van der Waals surface area contributed by atoms with Crippen molar-refractivity contribution in [2.75, 3.05) is 19.8 Å². The lowest BCUT2D eigenvalue weighted by Gasteiger charge is -2.29. The highest BCUT2D eigenvalue weighted by Crippen LogP contribution is 2.34. The van der Waals surface area contributed by atoms with Crippen LogP contribution in [0.3, 0.4) is 0 Å². The number of benzene rings is 1. The maximum absolute atomic E-state index is 12.3. The van der Waals surface area contributed by atoms with Crippen LogP contribution < -0.4 is 20.1 Å². The minimum Gasteiger partial charge on any atom is -0.486 e. The first-order valence-electron chi connectivity index (χ1n) is 8.82. The van der Waals surface area contributed by atoms with Crippen molar-refractivity contribution < 1.29 is 14.3 Å². The molecule has 1 aromatic rings. The zero-order valence-corrected chi connectivity index (χ0v) is 14.9. The van der Waals surface area contributed by atoms with Crippen molar-refractivity contribution >= 4 is 5.91 Å². The first-order valence-corrected chi connectivity index (χ1v) is 8.82. The van der Waals surface area contributed by atoms with Gasteiger partial charge in [0.1, 0.15) is 18.8 Å². The lowest BCUT2D eigenvalue weighted by molar-refractivity contribution is -0.121. The summed E-state index contributed by atoms with van der Waals surface area (Å²) >= 11 is 0. The third-order valence-electron chi connectivity index (χ3n) is 5.00. The van der Waals surface area contributed by atoms with Gasteiger partial charge in [-0.2, -0.15) is 5.26 Å². The molecule has 6 heteroatoms. The number of nitrogens with one attached hydrogen (secondary N) is 2. The second-order valence-corrected chi connectivity index (χ2v) is 7.29. The molecule has 0 unspecified atom stereocenters. The zero-order valence-electron chi connectivity index (χ0n) is 14.9. The van der Waals surface area contributed by atoms with Crippen molar-refractivity contribution in [1.29, 1.82) is 5.26 Å². The molecule has 0 saturated heterocycles. The number of fused-ring (bicyclic) bond motifs is 1. The van der Waals surface area contributed by atoms with E-state index in [0.29, 0.717) is 13.2 Å². The van der Waals surface area contributed by atoms with Crippen molar-refractivity contribution in [3.05, 3.63) is 23.8 Å². The third-order valence-corrected chi connectivity index (χ3v) is 5.00. The fraction of sp³-hybridized carbons (Fsp3) is 0.579. The largest absolute Gasteiger partial charge is 0.486 e. The molecule has 134 valence electrons. The molecule has 0 bridgehead atoms. The van der Waals surface area contributed by atoms with Gasteiger partial charge in [-0.1, -0.05) is 6.07 Å². The standard InChI is InChI=1S/C19H25N3O3/c1-18(2,14-5-6-15-16(11-14)25-10-9-24-15)21-12-17(23)22-19(13-20)7-3-4-8-19/h5-6,11,21H,3-4,7-10,12H2,1-2H3,(H,22,23). The summed E-state index contributed by atoms with van der Waals surface area (Å²) in [5.74, 6) is 1.34. The van der Waals surface area contributed by atoms with E-state index >= 15 is 0 Å². The first-order chi connectivity index (χ1) is 11.9. The van der Waals surface area contributed by atoms with E-state index in [1.54, 1.807) is 0 Å². The number of nitriles is 1. The van der Waals surface area contributed by atoms with Gasteiger partial charge >= 0.3 is 0 Å². The molecule has 0 atom stereocenters. The maximum Gasteiger partial charge on any atom is 0.235 e. The van der Waals surface area contributed by atoms with Gasteiger partial charge < -0.3 is 14.8 Å². The highest BCUT2D eigenvalue weighted by atomic mass is 16.6. The topological polar surface area (TPSA) is 83.4 Å². The Morgan fingerprint density at radius 1 is 1.24 bits per heavy atom. The summed E-state index contributed by atoms with van der Waals surface area (Å²) < 4.78 is 11.2. The normalized spacial score (nSPS) is 18.4. The molecule has 0 aromatic heterocycles. The van der Waals surface area contributed by atoms with Crippen LogP contribution in [0.15, 0.2) is 18.2 Å². The number of amides is 1. The van der Waals surface area contributed by atoms with Crippen molar-refractivity contribution in [1.82, 2.24) is 10.6 Å². The lowest BCUT2D eigenvalue weighted by atomic mass is 9.93. The molecule has 0 spiro atoms. The second-order valence-electron chi connectivity index (χ2n) is 7.29. The minimum atomic E-state index is -0.681. The summed E-state index contributed by atoms with van der Waals surface area (Å²) in [5, 5.41) is 15.6. The number of ether oxygens (including phenoxy) is 2. The predicted molar refractivity (Wildman–Crippen MR) is 93.4 cm³/mol. The summed E-state index contributed by atoms with van der Waals surface area (Å²) in [6.45, 7) is 5.30. The van der Waals surface area contributed by atoms with E-state index in [9.17, 15) is 10.1 Å². The van der Waals surface area contributed by atoms with E-state index in [1.807, 2.05) is 32.0 Å². The Labute approximate surface area is 148 Å². The van der Waals surface area contributed by atoms with Gasteiger partial charge in [0.25, 0.3) is 0 Å². The van der Waals surface area contributed by atoms with E-state index in [-0.39, 0.29) is 12.5 Å². The number of hydrogen-bond acceptors (Lipinski definition) is 5. The van der Waals surface area contributed by atoms with Crippen molar-refractivity contribution in [2.24, 2.45) is 0 Å². The van der Waals surface area contributed by atoms with Gasteiger partial charge in [0.15, 0.2) is 11.5 Å². The van der Waals surface area contributed by atoms with Crippen LogP contribution in [0.25, 0.3) is 0 Å². The molecule has 1 aliphatic heterocycles. The summed E-state index contributed by atoms with van der Waals surface area (Å²) in [6, 6.07) is 8.11. The summed E-state index contributed by atoms with van der Waals surface area (Å²) in [7, 11) is 0. The van der Waals surface area contributed by atoms with Gasteiger partial charge in [-0.05, 0) is 57.2 Å². The van der Waals surface area contributed by atoms with Crippen LogP contribution in [0.5, 0.6) is 11.5 Å². The SMILES string of the molecule is CC(C)(NCC(=O)NC1(C#N)CCCC1)c1ccc2c(c1)OCCO2. The quantitative estimate of drug-likeness (QED) is 0.857.